The molecule has 1 aromatic carbocycles. The molecule has 1 aliphatic rings. The van der Waals surface area contributed by atoms with Crippen LogP contribution in [0.3, 0.4) is 0 Å². The number of nitrogens with zero attached hydrogens (tertiary/aromatic N) is 5. The molecule has 0 bridgehead atoms. The van der Waals surface area contributed by atoms with Crippen LogP contribution in [0.4, 0.5) is 5.69 Å². The van der Waals surface area contributed by atoms with Gasteiger partial charge in [-0.05, 0) is 51.0 Å². The summed E-state index contributed by atoms with van der Waals surface area (Å²) in [4.78, 5) is 25.3. The van der Waals surface area contributed by atoms with Crippen molar-refractivity contribution in [3.8, 4) is 17.4 Å². The Morgan fingerprint density at radius 2 is 1.79 bits per heavy atom. The van der Waals surface area contributed by atoms with Crippen LogP contribution in [-0.2, 0) is 14.8 Å². The van der Waals surface area contributed by atoms with E-state index in [1.807, 2.05) is 18.4 Å². The van der Waals surface area contributed by atoms with Crippen molar-refractivity contribution in [2.24, 2.45) is 5.92 Å². The second-order valence-electron chi connectivity index (χ2n) is 8.05. The van der Waals surface area contributed by atoms with Gasteiger partial charge in [-0.25, -0.2) is 27.7 Å². The van der Waals surface area contributed by atoms with Crippen LogP contribution in [0.1, 0.15) is 24.2 Å². The van der Waals surface area contributed by atoms with Gasteiger partial charge in [0.1, 0.15) is 24.2 Å². The molecule has 0 atom stereocenters. The van der Waals surface area contributed by atoms with Crippen LogP contribution in [0, 0.1) is 19.8 Å². The maximum atomic E-state index is 12.6. The van der Waals surface area contributed by atoms with Gasteiger partial charge in [0, 0.05) is 36.5 Å². The molecule has 3 heterocycles. The van der Waals surface area contributed by atoms with Crippen LogP contribution in [0.2, 0.25) is 0 Å². The van der Waals surface area contributed by atoms with E-state index in [0.29, 0.717) is 49.1 Å². The van der Waals surface area contributed by atoms with Crippen molar-refractivity contribution < 1.29 is 17.9 Å². The van der Waals surface area contributed by atoms with Crippen LogP contribution in [0.15, 0.2) is 43.0 Å². The molecule has 0 spiro atoms. The smallest absolute Gasteiger partial charge is 0.227 e. The largest absolute Gasteiger partial charge is 0.439 e. The first kappa shape index (κ1) is 22.9. The summed E-state index contributed by atoms with van der Waals surface area (Å²) in [5.41, 5.74) is 2.56. The number of hydrogen-bond acceptors (Lipinski definition) is 7. The second-order valence-corrected chi connectivity index (χ2v) is 10.0. The lowest BCUT2D eigenvalue weighted by Gasteiger charge is -2.29. The maximum absolute atomic E-state index is 12.6. The van der Waals surface area contributed by atoms with Gasteiger partial charge in [-0.2, -0.15) is 0 Å². The zero-order valence-electron chi connectivity index (χ0n) is 18.7. The van der Waals surface area contributed by atoms with Crippen molar-refractivity contribution >= 4 is 21.6 Å². The third-order valence-corrected chi connectivity index (χ3v) is 7.07. The molecule has 174 valence electrons. The summed E-state index contributed by atoms with van der Waals surface area (Å²) in [6.07, 6.45) is 5.35. The zero-order valence-corrected chi connectivity index (χ0v) is 19.5. The van der Waals surface area contributed by atoms with Crippen molar-refractivity contribution in [2.45, 2.75) is 26.7 Å². The van der Waals surface area contributed by atoms with Gasteiger partial charge >= 0.3 is 0 Å². The predicted octanol–water partition coefficient (Wildman–Crippen LogP) is 2.68. The molecule has 10 nitrogen and oxygen atoms in total. The Morgan fingerprint density at radius 1 is 1.09 bits per heavy atom. The van der Waals surface area contributed by atoms with E-state index in [4.69, 9.17) is 4.74 Å². The number of carbonyl (C=O) groups excluding carboxylic acids is 1. The summed E-state index contributed by atoms with van der Waals surface area (Å²) in [7, 11) is -3.21. The number of aryl methyl sites for hydroxylation is 1. The third kappa shape index (κ3) is 5.37. The van der Waals surface area contributed by atoms with Gasteiger partial charge in [0.15, 0.2) is 0 Å². The van der Waals surface area contributed by atoms with Gasteiger partial charge in [-0.3, -0.25) is 9.36 Å². The highest BCUT2D eigenvalue weighted by atomic mass is 32.2. The van der Waals surface area contributed by atoms with E-state index >= 15 is 0 Å². The maximum Gasteiger partial charge on any atom is 0.227 e. The zero-order chi connectivity index (χ0) is 23.6. The first-order valence-corrected chi connectivity index (χ1v) is 12.4. The lowest BCUT2D eigenvalue weighted by atomic mass is 9.97. The summed E-state index contributed by atoms with van der Waals surface area (Å²) in [5.74, 6) is 1.29. The Kier molecular flexibility index (Phi) is 6.43. The number of sulfonamides is 1. The van der Waals surface area contributed by atoms with E-state index in [1.54, 1.807) is 36.7 Å². The Balaban J connectivity index is 1.36. The number of benzene rings is 1. The number of rotatable bonds is 6. The van der Waals surface area contributed by atoms with Crippen molar-refractivity contribution in [1.82, 2.24) is 23.8 Å². The third-order valence-electron chi connectivity index (χ3n) is 5.76. The van der Waals surface area contributed by atoms with Crippen molar-refractivity contribution in [2.75, 3.05) is 24.7 Å². The lowest BCUT2D eigenvalue weighted by Crippen LogP contribution is -2.40. The highest BCUT2D eigenvalue weighted by Crippen LogP contribution is 2.25. The normalized spacial score (nSPS) is 15.4. The van der Waals surface area contributed by atoms with Gasteiger partial charge < -0.3 is 10.1 Å². The molecule has 1 saturated heterocycles. The van der Waals surface area contributed by atoms with Gasteiger partial charge in [0.25, 0.3) is 0 Å². The van der Waals surface area contributed by atoms with E-state index in [2.05, 4.69) is 20.3 Å². The molecule has 1 amide bonds. The van der Waals surface area contributed by atoms with Gasteiger partial charge in [-0.15, -0.1) is 0 Å². The molecule has 3 aromatic rings. The Hall–Kier alpha value is -3.31. The van der Waals surface area contributed by atoms with Crippen LogP contribution in [0.5, 0.6) is 11.6 Å². The summed E-state index contributed by atoms with van der Waals surface area (Å²) in [6.45, 7) is 4.63. The van der Waals surface area contributed by atoms with Crippen LogP contribution in [-0.4, -0.2) is 57.5 Å². The topological polar surface area (TPSA) is 119 Å². The lowest BCUT2D eigenvalue weighted by molar-refractivity contribution is -0.120. The number of carbonyl (C=O) groups is 1. The van der Waals surface area contributed by atoms with E-state index in [0.717, 1.165) is 11.4 Å². The molecule has 2 aromatic heterocycles. The van der Waals surface area contributed by atoms with Crippen LogP contribution in [0.25, 0.3) is 5.82 Å². The van der Waals surface area contributed by atoms with Crippen LogP contribution >= 0.6 is 0 Å². The van der Waals surface area contributed by atoms with E-state index < -0.39 is 10.0 Å². The summed E-state index contributed by atoms with van der Waals surface area (Å²) in [5, 5.41) is 2.90. The first-order valence-electron chi connectivity index (χ1n) is 10.6. The first-order chi connectivity index (χ1) is 15.7. The second kappa shape index (κ2) is 9.28. The molecule has 1 aliphatic heterocycles. The molecule has 0 radical (unpaired) electrons. The average Bonchev–Trinajstić information content (AvgIpc) is 3.13. The molecular weight excluding hydrogens is 444 g/mol. The van der Waals surface area contributed by atoms with Gasteiger partial charge in [-0.1, -0.05) is 0 Å². The average molecular weight is 471 g/mol. The summed E-state index contributed by atoms with van der Waals surface area (Å²) >= 11 is 0. The number of hydrogen-bond donors (Lipinski definition) is 1. The molecular formula is C22H26N6O4S. The van der Waals surface area contributed by atoms with Crippen molar-refractivity contribution in [3.05, 3.63) is 54.4 Å². The molecule has 0 unspecified atom stereocenters. The Labute approximate surface area is 192 Å². The number of piperidine rings is 1. The van der Waals surface area contributed by atoms with Crippen molar-refractivity contribution in [3.63, 3.8) is 0 Å². The summed E-state index contributed by atoms with van der Waals surface area (Å²) in [6, 6.07) is 8.73. The van der Waals surface area contributed by atoms with E-state index in [9.17, 15) is 13.2 Å². The fourth-order valence-electron chi connectivity index (χ4n) is 3.67. The monoisotopic (exact) mass is 470 g/mol. The fraction of sp³-hybridized carbons (Fsp3) is 0.364. The number of amides is 1. The standard InChI is InChI=1S/C22H26N6O4S/c1-15-16(2)28(14-25-15)20-12-21(24-13-23-20)32-19-6-4-18(5-7-19)26-22(29)17-8-10-27(11-9-17)33(3,30)31/h4-7,12-14,17H,8-11H2,1-3H3,(H,26,29). The van der Waals surface area contributed by atoms with E-state index in [1.165, 1.54) is 16.9 Å². The minimum Gasteiger partial charge on any atom is -0.439 e. The van der Waals surface area contributed by atoms with Crippen molar-refractivity contribution in [1.29, 1.82) is 0 Å². The summed E-state index contributed by atoms with van der Waals surface area (Å²) < 4.78 is 32.4. The molecule has 11 heteroatoms. The Bertz CT molecular complexity index is 1250. The number of aromatic nitrogens is 4. The number of nitrogens with one attached hydrogen (secondary N) is 1. The molecule has 1 N–H and O–H groups in total. The number of anilines is 1. The van der Waals surface area contributed by atoms with Crippen LogP contribution < -0.4 is 10.1 Å². The van der Waals surface area contributed by atoms with E-state index in [-0.39, 0.29) is 11.8 Å². The Morgan fingerprint density at radius 3 is 2.39 bits per heavy atom. The highest BCUT2D eigenvalue weighted by molar-refractivity contribution is 7.88. The molecule has 0 aliphatic carbocycles. The molecule has 1 fully saturated rings. The molecule has 0 saturated carbocycles. The van der Waals surface area contributed by atoms with Gasteiger partial charge in [0.2, 0.25) is 21.8 Å². The quantitative estimate of drug-likeness (QED) is 0.588. The SMILES string of the molecule is Cc1ncn(-c2cc(Oc3ccc(NC(=O)C4CCN(S(C)(=O)=O)CC4)cc3)ncn2)c1C. The fourth-order valence-corrected chi connectivity index (χ4v) is 4.54. The minimum atomic E-state index is -3.21. The number of imidazole rings is 1. The molecule has 4 rings (SSSR count). The molecule has 33 heavy (non-hydrogen) atoms. The predicted molar refractivity (Wildman–Crippen MR) is 123 cm³/mol. The number of ether oxygens (including phenoxy) is 1. The minimum absolute atomic E-state index is 0.108. The van der Waals surface area contributed by atoms with Gasteiger partial charge in [0.05, 0.1) is 11.9 Å². The highest BCUT2D eigenvalue weighted by Gasteiger charge is 2.28.